The summed E-state index contributed by atoms with van der Waals surface area (Å²) < 4.78 is 5.67. The molecule has 86 valence electrons. The van der Waals surface area contributed by atoms with E-state index in [0.717, 1.165) is 30.5 Å². The Labute approximate surface area is 103 Å². The normalized spacial score (nSPS) is 14.9. The minimum absolute atomic E-state index is 0.378. The number of rotatable bonds is 3. The van der Waals surface area contributed by atoms with Crippen molar-refractivity contribution in [3.8, 4) is 11.5 Å². The van der Waals surface area contributed by atoms with Crippen LogP contribution in [0.2, 0.25) is 5.02 Å². The third kappa shape index (κ3) is 1.98. The van der Waals surface area contributed by atoms with Gasteiger partial charge in [-0.2, -0.15) is 0 Å². The third-order valence-corrected chi connectivity index (χ3v) is 3.08. The molecule has 0 aliphatic heterocycles. The lowest BCUT2D eigenvalue weighted by atomic mass is 10.2. The molecule has 3 nitrogen and oxygen atoms in total. The van der Waals surface area contributed by atoms with Crippen molar-refractivity contribution >= 4 is 17.9 Å². The number of hydrogen-bond donors (Lipinski definition) is 0. The topological polar surface area (TPSA) is 43.1 Å². The molecule has 0 N–H and O–H groups in total. The summed E-state index contributed by atoms with van der Waals surface area (Å²) in [7, 11) is 0. The largest absolute Gasteiger partial charge is 0.440 e. The van der Waals surface area contributed by atoms with Gasteiger partial charge in [0.15, 0.2) is 6.29 Å². The predicted molar refractivity (Wildman–Crippen MR) is 64.3 cm³/mol. The zero-order chi connectivity index (χ0) is 11.8. The van der Waals surface area contributed by atoms with Crippen LogP contribution in [0.25, 0.3) is 11.5 Å². The molecule has 0 radical (unpaired) electrons. The zero-order valence-electron chi connectivity index (χ0n) is 9.02. The molecule has 2 aromatic rings. The van der Waals surface area contributed by atoms with Crippen LogP contribution in [-0.4, -0.2) is 11.3 Å². The van der Waals surface area contributed by atoms with Crippen molar-refractivity contribution < 1.29 is 9.21 Å². The maximum atomic E-state index is 10.9. The lowest BCUT2D eigenvalue weighted by molar-refractivity contribution is 0.111. The van der Waals surface area contributed by atoms with Gasteiger partial charge < -0.3 is 4.42 Å². The monoisotopic (exact) mass is 247 g/mol. The van der Waals surface area contributed by atoms with Gasteiger partial charge in [-0.3, -0.25) is 4.79 Å². The van der Waals surface area contributed by atoms with E-state index in [4.69, 9.17) is 16.0 Å². The van der Waals surface area contributed by atoms with Gasteiger partial charge in [-0.15, -0.1) is 0 Å². The molecule has 0 atom stereocenters. The highest BCUT2D eigenvalue weighted by Crippen LogP contribution is 2.42. The quantitative estimate of drug-likeness (QED) is 0.777. The molecule has 0 saturated heterocycles. The van der Waals surface area contributed by atoms with Crippen molar-refractivity contribution in [2.75, 3.05) is 0 Å². The maximum Gasteiger partial charge on any atom is 0.226 e. The number of carbonyl (C=O) groups is 1. The summed E-state index contributed by atoms with van der Waals surface area (Å²) in [5.74, 6) is 1.60. The van der Waals surface area contributed by atoms with E-state index in [1.807, 2.05) is 12.1 Å². The number of aldehydes is 1. The molecule has 1 heterocycles. The average molecular weight is 248 g/mol. The summed E-state index contributed by atoms with van der Waals surface area (Å²) in [6.45, 7) is 0. The second-order valence-electron chi connectivity index (χ2n) is 4.17. The van der Waals surface area contributed by atoms with Crippen LogP contribution in [0.3, 0.4) is 0 Å². The van der Waals surface area contributed by atoms with Gasteiger partial charge in [0.2, 0.25) is 5.89 Å². The first-order chi connectivity index (χ1) is 8.28. The molecule has 1 fully saturated rings. The van der Waals surface area contributed by atoms with E-state index in [9.17, 15) is 4.79 Å². The first kappa shape index (κ1) is 10.5. The van der Waals surface area contributed by atoms with E-state index < -0.39 is 0 Å². The predicted octanol–water partition coefficient (Wildman–Crippen LogP) is 3.68. The SMILES string of the molecule is O=Cc1nc(-c2ccc(Cl)cc2)oc1C1CC1. The van der Waals surface area contributed by atoms with Crippen LogP contribution in [-0.2, 0) is 0 Å². The van der Waals surface area contributed by atoms with Gasteiger partial charge in [0, 0.05) is 16.5 Å². The molecule has 0 unspecified atom stereocenters. The second kappa shape index (κ2) is 4.00. The van der Waals surface area contributed by atoms with Crippen LogP contribution in [0.15, 0.2) is 28.7 Å². The van der Waals surface area contributed by atoms with Gasteiger partial charge in [0.25, 0.3) is 0 Å². The number of carbonyl (C=O) groups excluding carboxylic acids is 1. The summed E-state index contributed by atoms with van der Waals surface area (Å²) in [5.41, 5.74) is 1.27. The van der Waals surface area contributed by atoms with Crippen LogP contribution in [0.5, 0.6) is 0 Å². The van der Waals surface area contributed by atoms with Gasteiger partial charge in [-0.1, -0.05) is 11.6 Å². The molecule has 1 aliphatic rings. The highest BCUT2D eigenvalue weighted by Gasteiger charge is 2.31. The van der Waals surface area contributed by atoms with Crippen LogP contribution in [0.1, 0.15) is 35.0 Å². The lowest BCUT2D eigenvalue weighted by Crippen LogP contribution is -1.85. The van der Waals surface area contributed by atoms with Gasteiger partial charge in [-0.05, 0) is 37.1 Å². The minimum atomic E-state index is 0.378. The van der Waals surface area contributed by atoms with Crippen LogP contribution < -0.4 is 0 Å². The van der Waals surface area contributed by atoms with Crippen molar-refractivity contribution in [3.05, 3.63) is 40.7 Å². The minimum Gasteiger partial charge on any atom is -0.440 e. The molecular weight excluding hydrogens is 238 g/mol. The number of halogens is 1. The number of oxazole rings is 1. The van der Waals surface area contributed by atoms with E-state index in [1.54, 1.807) is 12.1 Å². The summed E-state index contributed by atoms with van der Waals surface area (Å²) in [6, 6.07) is 7.22. The molecule has 17 heavy (non-hydrogen) atoms. The van der Waals surface area contributed by atoms with E-state index in [2.05, 4.69) is 4.98 Å². The Kier molecular flexibility index (Phi) is 2.48. The lowest BCUT2D eigenvalue weighted by Gasteiger charge is -1.95. The molecule has 1 aliphatic carbocycles. The van der Waals surface area contributed by atoms with Crippen LogP contribution >= 0.6 is 11.6 Å². The molecule has 1 aromatic carbocycles. The highest BCUT2D eigenvalue weighted by atomic mass is 35.5. The van der Waals surface area contributed by atoms with Crippen molar-refractivity contribution in [1.82, 2.24) is 4.98 Å². The first-order valence-corrected chi connectivity index (χ1v) is 5.87. The molecule has 0 bridgehead atoms. The van der Waals surface area contributed by atoms with Crippen LogP contribution in [0, 0.1) is 0 Å². The van der Waals surface area contributed by atoms with Gasteiger partial charge >= 0.3 is 0 Å². The van der Waals surface area contributed by atoms with E-state index in [-0.39, 0.29) is 0 Å². The molecule has 3 rings (SSSR count). The molecule has 4 heteroatoms. The summed E-state index contributed by atoms with van der Waals surface area (Å²) in [5, 5.41) is 0.665. The Morgan fingerprint density at radius 2 is 2.00 bits per heavy atom. The first-order valence-electron chi connectivity index (χ1n) is 5.50. The third-order valence-electron chi connectivity index (χ3n) is 2.83. The Bertz CT molecular complexity index is 555. The van der Waals surface area contributed by atoms with Gasteiger partial charge in [0.05, 0.1) is 0 Å². The van der Waals surface area contributed by atoms with Gasteiger partial charge in [0.1, 0.15) is 11.5 Å². The van der Waals surface area contributed by atoms with E-state index in [1.165, 1.54) is 0 Å². The zero-order valence-corrected chi connectivity index (χ0v) is 9.78. The molecule has 0 spiro atoms. The van der Waals surface area contributed by atoms with Crippen molar-refractivity contribution in [2.24, 2.45) is 0 Å². The van der Waals surface area contributed by atoms with Crippen molar-refractivity contribution in [1.29, 1.82) is 0 Å². The number of aromatic nitrogens is 1. The highest BCUT2D eigenvalue weighted by molar-refractivity contribution is 6.30. The fourth-order valence-electron chi connectivity index (χ4n) is 1.78. The molecule has 1 aromatic heterocycles. The smallest absolute Gasteiger partial charge is 0.226 e. The fraction of sp³-hybridized carbons (Fsp3) is 0.231. The Morgan fingerprint density at radius 1 is 1.29 bits per heavy atom. The molecule has 0 amide bonds. The van der Waals surface area contributed by atoms with Gasteiger partial charge in [-0.25, -0.2) is 4.98 Å². The average Bonchev–Trinajstić information content (AvgIpc) is 3.10. The number of benzene rings is 1. The molecular formula is C13H10ClNO2. The Balaban J connectivity index is 2.02. The summed E-state index contributed by atoms with van der Waals surface area (Å²) in [4.78, 5) is 15.1. The standard InChI is InChI=1S/C13H10ClNO2/c14-10-5-3-9(4-6-10)13-15-11(7-16)12(17-13)8-1-2-8/h3-8H,1-2H2. The second-order valence-corrected chi connectivity index (χ2v) is 4.60. The number of hydrogen-bond acceptors (Lipinski definition) is 3. The Hall–Kier alpha value is -1.61. The maximum absolute atomic E-state index is 10.9. The van der Waals surface area contributed by atoms with Crippen LogP contribution in [0.4, 0.5) is 0 Å². The fourth-order valence-corrected chi connectivity index (χ4v) is 1.91. The van der Waals surface area contributed by atoms with Crippen molar-refractivity contribution in [3.63, 3.8) is 0 Å². The summed E-state index contributed by atoms with van der Waals surface area (Å²) in [6.07, 6.45) is 2.92. The number of nitrogens with zero attached hydrogens (tertiary/aromatic N) is 1. The van der Waals surface area contributed by atoms with E-state index >= 15 is 0 Å². The molecule has 1 saturated carbocycles. The van der Waals surface area contributed by atoms with Crippen molar-refractivity contribution in [2.45, 2.75) is 18.8 Å². The summed E-state index contributed by atoms with van der Waals surface area (Å²) >= 11 is 5.82. The van der Waals surface area contributed by atoms with E-state index in [0.29, 0.717) is 22.5 Å². The Morgan fingerprint density at radius 3 is 2.59 bits per heavy atom.